The average molecular weight is 373 g/mol. The summed E-state index contributed by atoms with van der Waals surface area (Å²) in [5.41, 5.74) is 7.12. The number of nitrogens with zero attached hydrogens (tertiary/aromatic N) is 2. The molecule has 3 aromatic carbocycles. The van der Waals surface area contributed by atoms with Gasteiger partial charge in [-0.25, -0.2) is 5.43 Å². The number of benzene rings is 3. The van der Waals surface area contributed by atoms with Crippen LogP contribution in [0.15, 0.2) is 77.9 Å². The quantitative estimate of drug-likeness (QED) is 0.521. The van der Waals surface area contributed by atoms with Gasteiger partial charge in [0.2, 0.25) is 0 Å². The van der Waals surface area contributed by atoms with Gasteiger partial charge in [0.1, 0.15) is 5.75 Å². The number of amides is 1. The maximum absolute atomic E-state index is 12.4. The summed E-state index contributed by atoms with van der Waals surface area (Å²) in [6.45, 7) is 0. The lowest BCUT2D eigenvalue weighted by Crippen LogP contribution is -2.17. The molecule has 5 nitrogen and oxygen atoms in total. The molecular weight excluding hydrogens is 350 g/mol. The fraction of sp³-hybridized carbons (Fsp3) is 0.130. The molecule has 0 unspecified atom stereocenters. The fourth-order valence-electron chi connectivity index (χ4n) is 2.71. The third-order valence-electron chi connectivity index (χ3n) is 4.34. The second-order valence-electron chi connectivity index (χ2n) is 6.49. The summed E-state index contributed by atoms with van der Waals surface area (Å²) in [4.78, 5) is 14.4. The Morgan fingerprint density at radius 2 is 1.68 bits per heavy atom. The number of carbonyl (C=O) groups is 1. The largest absolute Gasteiger partial charge is 0.497 e. The Morgan fingerprint density at radius 3 is 2.32 bits per heavy atom. The topological polar surface area (TPSA) is 53.9 Å². The van der Waals surface area contributed by atoms with Crippen molar-refractivity contribution in [2.75, 3.05) is 26.1 Å². The lowest BCUT2D eigenvalue weighted by Gasteiger charge is -2.11. The number of hydrazone groups is 1. The van der Waals surface area contributed by atoms with E-state index in [2.05, 4.69) is 10.5 Å². The number of rotatable bonds is 6. The van der Waals surface area contributed by atoms with Crippen molar-refractivity contribution >= 4 is 17.8 Å². The van der Waals surface area contributed by atoms with Crippen LogP contribution >= 0.6 is 0 Å². The predicted molar refractivity (Wildman–Crippen MR) is 114 cm³/mol. The zero-order valence-electron chi connectivity index (χ0n) is 16.2. The van der Waals surface area contributed by atoms with E-state index < -0.39 is 0 Å². The highest BCUT2D eigenvalue weighted by Gasteiger charge is 2.06. The summed E-state index contributed by atoms with van der Waals surface area (Å²) in [7, 11) is 5.61. The molecule has 0 aromatic heterocycles. The number of nitrogens with one attached hydrogen (secondary N) is 1. The summed E-state index contributed by atoms with van der Waals surface area (Å²) in [5.74, 6) is 0.544. The minimum atomic E-state index is -0.253. The molecular formula is C23H23N3O2. The maximum atomic E-state index is 12.4. The van der Waals surface area contributed by atoms with Gasteiger partial charge < -0.3 is 9.64 Å². The number of hydrogen-bond acceptors (Lipinski definition) is 4. The zero-order chi connectivity index (χ0) is 19.9. The molecule has 0 aliphatic heterocycles. The Balaban J connectivity index is 1.67. The van der Waals surface area contributed by atoms with E-state index in [9.17, 15) is 4.79 Å². The molecule has 142 valence electrons. The van der Waals surface area contributed by atoms with E-state index >= 15 is 0 Å². The van der Waals surface area contributed by atoms with E-state index in [0.29, 0.717) is 5.56 Å². The first kappa shape index (κ1) is 19.2. The van der Waals surface area contributed by atoms with Crippen LogP contribution < -0.4 is 15.1 Å². The summed E-state index contributed by atoms with van der Waals surface area (Å²) in [6, 6.07) is 23.1. The van der Waals surface area contributed by atoms with Crippen molar-refractivity contribution in [2.45, 2.75) is 0 Å². The van der Waals surface area contributed by atoms with Crippen LogP contribution in [0.2, 0.25) is 0 Å². The van der Waals surface area contributed by atoms with Crippen LogP contribution in [-0.4, -0.2) is 33.3 Å². The fourth-order valence-corrected chi connectivity index (χ4v) is 2.71. The van der Waals surface area contributed by atoms with Crippen molar-refractivity contribution in [3.63, 3.8) is 0 Å². The van der Waals surface area contributed by atoms with Crippen LogP contribution in [0.25, 0.3) is 11.1 Å². The van der Waals surface area contributed by atoms with Crippen LogP contribution in [0, 0.1) is 0 Å². The molecule has 0 saturated heterocycles. The van der Waals surface area contributed by atoms with Crippen LogP contribution in [0.1, 0.15) is 15.9 Å². The number of hydrogen-bond donors (Lipinski definition) is 1. The molecule has 0 fully saturated rings. The molecule has 3 aromatic rings. The molecule has 1 N–H and O–H groups in total. The maximum Gasteiger partial charge on any atom is 0.271 e. The van der Waals surface area contributed by atoms with Crippen molar-refractivity contribution in [1.82, 2.24) is 5.43 Å². The smallest absolute Gasteiger partial charge is 0.271 e. The van der Waals surface area contributed by atoms with Crippen molar-refractivity contribution < 1.29 is 9.53 Å². The molecule has 28 heavy (non-hydrogen) atoms. The molecule has 0 heterocycles. The van der Waals surface area contributed by atoms with Crippen LogP contribution in [0.4, 0.5) is 5.69 Å². The van der Waals surface area contributed by atoms with Crippen LogP contribution in [0.5, 0.6) is 5.75 Å². The van der Waals surface area contributed by atoms with E-state index in [4.69, 9.17) is 4.74 Å². The van der Waals surface area contributed by atoms with Gasteiger partial charge in [0, 0.05) is 25.3 Å². The van der Waals surface area contributed by atoms with Crippen LogP contribution in [0.3, 0.4) is 0 Å². The average Bonchev–Trinajstić information content (AvgIpc) is 2.74. The Hall–Kier alpha value is -3.60. The molecule has 0 aliphatic carbocycles. The van der Waals surface area contributed by atoms with Crippen LogP contribution in [-0.2, 0) is 0 Å². The summed E-state index contributed by atoms with van der Waals surface area (Å²) in [5, 5.41) is 4.06. The van der Waals surface area contributed by atoms with Gasteiger partial charge in [-0.1, -0.05) is 36.4 Å². The second kappa shape index (κ2) is 8.86. The molecule has 5 heteroatoms. The van der Waals surface area contributed by atoms with E-state index in [1.807, 2.05) is 85.7 Å². The Kier molecular flexibility index (Phi) is 6.07. The van der Waals surface area contributed by atoms with Gasteiger partial charge in [-0.15, -0.1) is 0 Å². The van der Waals surface area contributed by atoms with Gasteiger partial charge >= 0.3 is 0 Å². The highest BCUT2D eigenvalue weighted by molar-refractivity contribution is 5.96. The van der Waals surface area contributed by atoms with Gasteiger partial charge in [-0.2, -0.15) is 5.10 Å². The van der Waals surface area contributed by atoms with Gasteiger partial charge in [0.25, 0.3) is 5.91 Å². The normalized spacial score (nSPS) is 10.7. The SMILES string of the molecule is COc1ccc(-c2cccc(C(=O)N/N=C/c3ccc(N(C)C)cc3)c2)cc1. The molecule has 0 aliphatic rings. The molecule has 0 radical (unpaired) electrons. The standard InChI is InChI=1S/C23H23N3O2/c1-26(2)21-11-7-17(8-12-21)16-24-25-23(27)20-6-4-5-19(15-20)18-9-13-22(28-3)14-10-18/h4-16H,1-3H3,(H,25,27)/b24-16+. The minimum absolute atomic E-state index is 0.253. The third-order valence-corrected chi connectivity index (χ3v) is 4.34. The first-order valence-corrected chi connectivity index (χ1v) is 8.92. The number of carbonyl (C=O) groups excluding carboxylic acids is 1. The van der Waals surface area contributed by atoms with Gasteiger partial charge in [0.15, 0.2) is 0 Å². The Morgan fingerprint density at radius 1 is 0.964 bits per heavy atom. The molecule has 0 spiro atoms. The summed E-state index contributed by atoms with van der Waals surface area (Å²) < 4.78 is 5.18. The number of anilines is 1. The lowest BCUT2D eigenvalue weighted by molar-refractivity contribution is 0.0955. The Labute approximate surface area is 165 Å². The highest BCUT2D eigenvalue weighted by atomic mass is 16.5. The highest BCUT2D eigenvalue weighted by Crippen LogP contribution is 2.23. The van der Waals surface area contributed by atoms with Gasteiger partial charge in [-0.05, 0) is 53.1 Å². The van der Waals surface area contributed by atoms with Crippen molar-refractivity contribution in [3.05, 3.63) is 83.9 Å². The van der Waals surface area contributed by atoms with Crippen molar-refractivity contribution in [1.29, 1.82) is 0 Å². The first-order chi connectivity index (χ1) is 13.6. The molecule has 0 atom stereocenters. The van der Waals surface area contributed by atoms with Gasteiger partial charge in [0.05, 0.1) is 13.3 Å². The second-order valence-corrected chi connectivity index (χ2v) is 6.49. The molecule has 1 amide bonds. The zero-order valence-corrected chi connectivity index (χ0v) is 16.2. The van der Waals surface area contributed by atoms with Crippen molar-refractivity contribution in [2.24, 2.45) is 5.10 Å². The molecule has 0 bridgehead atoms. The summed E-state index contributed by atoms with van der Waals surface area (Å²) >= 11 is 0. The number of methoxy groups -OCH3 is 1. The van der Waals surface area contributed by atoms with Crippen molar-refractivity contribution in [3.8, 4) is 16.9 Å². The third kappa shape index (κ3) is 4.76. The molecule has 3 rings (SSSR count). The monoisotopic (exact) mass is 373 g/mol. The Bertz CT molecular complexity index is 962. The first-order valence-electron chi connectivity index (χ1n) is 8.92. The van der Waals surface area contributed by atoms with Gasteiger partial charge in [-0.3, -0.25) is 4.79 Å². The van der Waals surface area contributed by atoms with E-state index in [0.717, 1.165) is 28.1 Å². The minimum Gasteiger partial charge on any atom is -0.497 e. The summed E-state index contributed by atoms with van der Waals surface area (Å²) in [6.07, 6.45) is 1.63. The molecule has 0 saturated carbocycles. The van der Waals surface area contributed by atoms with E-state index in [1.54, 1.807) is 19.4 Å². The predicted octanol–water partition coefficient (Wildman–Crippen LogP) is 4.19. The number of ether oxygens (including phenoxy) is 1. The van der Waals surface area contributed by atoms with E-state index in [1.165, 1.54) is 0 Å². The lowest BCUT2D eigenvalue weighted by atomic mass is 10.0. The van der Waals surface area contributed by atoms with E-state index in [-0.39, 0.29) is 5.91 Å².